The lowest BCUT2D eigenvalue weighted by Gasteiger charge is -2.42. The molecule has 220 valence electrons. The topological polar surface area (TPSA) is 71.1 Å². The summed E-state index contributed by atoms with van der Waals surface area (Å²) in [7, 11) is 1.48. The van der Waals surface area contributed by atoms with Crippen LogP contribution in [-0.4, -0.2) is 60.9 Å². The molecule has 7 nitrogen and oxygen atoms in total. The minimum absolute atomic E-state index is 0.212. The molecular weight excluding hydrogens is 570 g/mol. The first kappa shape index (κ1) is 31.8. The Balaban J connectivity index is 1.74. The Morgan fingerprint density at radius 2 is 1.68 bits per heavy atom. The first-order valence-electron chi connectivity index (χ1n) is 12.9. The number of benzene rings is 2. The van der Waals surface area contributed by atoms with Crippen molar-refractivity contribution in [2.45, 2.75) is 52.3 Å². The molecule has 3 rings (SSSR count). The fourth-order valence-corrected chi connectivity index (χ4v) is 4.88. The van der Waals surface area contributed by atoms with Crippen LogP contribution >= 0.6 is 23.2 Å². The van der Waals surface area contributed by atoms with Crippen LogP contribution in [0.4, 0.5) is 23.7 Å². The molecule has 2 aromatic carbocycles. The number of hydroxylamine groups is 2. The molecule has 0 radical (unpaired) electrons. The van der Waals surface area contributed by atoms with E-state index in [1.807, 2.05) is 12.1 Å². The van der Waals surface area contributed by atoms with Crippen LogP contribution in [0.15, 0.2) is 42.5 Å². The highest BCUT2D eigenvalue weighted by atomic mass is 35.5. The number of likely N-dealkylation sites (tertiary alicyclic amines) is 1. The summed E-state index contributed by atoms with van der Waals surface area (Å²) in [6, 6.07) is 9.95. The standard InChI is InChI=1S/C28H34Cl2F3N3O4/c1-27(2,3)24(17-35-13-11-18(12-14-35)15-19-5-10-22(29)23(30)16-19)36(40-25(37)28(31,32)33)26(38)34-20-6-8-21(39-4)9-7-20/h5-10,16,18,24H,11-15,17H2,1-4H3,(H,34,38)/t24-/m0/s1. The van der Waals surface area contributed by atoms with Gasteiger partial charge in [-0.25, -0.2) is 9.59 Å². The van der Waals surface area contributed by atoms with Crippen molar-refractivity contribution in [1.29, 1.82) is 0 Å². The SMILES string of the molecule is COc1ccc(NC(=O)N(OC(=O)C(F)(F)F)[C@@H](CN2CCC(Cc3ccc(Cl)c(Cl)c3)CC2)C(C)(C)C)cc1. The average molecular weight is 604 g/mol. The molecule has 1 fully saturated rings. The zero-order valence-electron chi connectivity index (χ0n) is 22.9. The van der Waals surface area contributed by atoms with Crippen molar-refractivity contribution in [2.75, 3.05) is 32.1 Å². The molecule has 2 amide bonds. The zero-order valence-corrected chi connectivity index (χ0v) is 24.4. The normalized spacial score (nSPS) is 15.8. The Labute approximate surface area is 242 Å². The second kappa shape index (κ2) is 13.3. The minimum Gasteiger partial charge on any atom is -0.497 e. The van der Waals surface area contributed by atoms with Crippen LogP contribution in [0.3, 0.4) is 0 Å². The molecule has 0 aliphatic carbocycles. The summed E-state index contributed by atoms with van der Waals surface area (Å²) in [5.74, 6) is -1.54. The van der Waals surface area contributed by atoms with E-state index in [0.717, 1.165) is 24.8 Å². The largest absolute Gasteiger partial charge is 0.497 e. The van der Waals surface area contributed by atoms with Gasteiger partial charge in [0.15, 0.2) is 0 Å². The molecule has 1 N–H and O–H groups in total. The van der Waals surface area contributed by atoms with Crippen molar-refractivity contribution >= 4 is 40.9 Å². The highest BCUT2D eigenvalue weighted by molar-refractivity contribution is 6.42. The number of amides is 2. The van der Waals surface area contributed by atoms with Crippen LogP contribution in [0.1, 0.15) is 39.2 Å². The van der Waals surface area contributed by atoms with Crippen LogP contribution in [0.2, 0.25) is 10.0 Å². The van der Waals surface area contributed by atoms with Gasteiger partial charge < -0.3 is 19.8 Å². The number of carbonyl (C=O) groups is 2. The van der Waals surface area contributed by atoms with Crippen molar-refractivity contribution in [2.24, 2.45) is 11.3 Å². The van der Waals surface area contributed by atoms with Crippen LogP contribution in [-0.2, 0) is 16.1 Å². The summed E-state index contributed by atoms with van der Waals surface area (Å²) in [5, 5.41) is 4.07. The summed E-state index contributed by atoms with van der Waals surface area (Å²) in [6.07, 6.45) is -2.76. The highest BCUT2D eigenvalue weighted by Gasteiger charge is 2.46. The number of alkyl halides is 3. The summed E-state index contributed by atoms with van der Waals surface area (Å²) in [6.45, 7) is 6.89. The Morgan fingerprint density at radius 3 is 2.20 bits per heavy atom. The molecule has 12 heteroatoms. The maximum absolute atomic E-state index is 13.3. The van der Waals surface area contributed by atoms with Crippen LogP contribution < -0.4 is 10.1 Å². The number of piperidine rings is 1. The number of carbonyl (C=O) groups excluding carboxylic acids is 2. The van der Waals surface area contributed by atoms with E-state index in [2.05, 4.69) is 10.2 Å². The lowest BCUT2D eigenvalue weighted by Crippen LogP contribution is -2.56. The van der Waals surface area contributed by atoms with Crippen molar-refractivity contribution < 1.29 is 32.3 Å². The predicted octanol–water partition coefficient (Wildman–Crippen LogP) is 7.23. The second-order valence-corrected chi connectivity index (χ2v) is 11.8. The number of methoxy groups -OCH3 is 1. The summed E-state index contributed by atoms with van der Waals surface area (Å²) in [5.41, 5.74) is 0.649. The number of halogens is 5. The summed E-state index contributed by atoms with van der Waals surface area (Å²) in [4.78, 5) is 32.0. The summed E-state index contributed by atoms with van der Waals surface area (Å²) >= 11 is 12.2. The first-order chi connectivity index (χ1) is 18.7. The van der Waals surface area contributed by atoms with Crippen LogP contribution in [0.5, 0.6) is 5.75 Å². The molecule has 1 aliphatic rings. The van der Waals surface area contributed by atoms with Gasteiger partial charge >= 0.3 is 18.2 Å². The number of urea groups is 1. The van der Waals surface area contributed by atoms with Gasteiger partial charge in [0.1, 0.15) is 5.75 Å². The van der Waals surface area contributed by atoms with E-state index in [1.54, 1.807) is 39.0 Å². The molecule has 0 bridgehead atoms. The molecule has 1 aliphatic heterocycles. The molecule has 1 heterocycles. The van der Waals surface area contributed by atoms with E-state index in [1.165, 1.54) is 19.2 Å². The average Bonchev–Trinajstić information content (AvgIpc) is 2.88. The van der Waals surface area contributed by atoms with Gasteiger partial charge in [0.05, 0.1) is 23.2 Å². The third-order valence-corrected chi connectivity index (χ3v) is 7.62. The number of nitrogens with one attached hydrogen (secondary N) is 1. The number of ether oxygens (including phenoxy) is 1. The Hall–Kier alpha value is -2.69. The van der Waals surface area contributed by atoms with Gasteiger partial charge in [-0.2, -0.15) is 13.2 Å². The molecule has 0 unspecified atom stereocenters. The maximum Gasteiger partial charge on any atom is 0.493 e. The molecule has 0 spiro atoms. The third kappa shape index (κ3) is 8.91. The van der Waals surface area contributed by atoms with E-state index < -0.39 is 29.6 Å². The number of nitrogens with zero attached hydrogens (tertiary/aromatic N) is 2. The van der Waals surface area contributed by atoms with Crippen molar-refractivity contribution in [3.8, 4) is 5.75 Å². The Morgan fingerprint density at radius 1 is 1.05 bits per heavy atom. The number of hydrogen-bond donors (Lipinski definition) is 1. The molecule has 40 heavy (non-hydrogen) atoms. The van der Waals surface area contributed by atoms with E-state index in [4.69, 9.17) is 32.8 Å². The van der Waals surface area contributed by atoms with Gasteiger partial charge in [-0.3, -0.25) is 0 Å². The molecule has 0 aromatic heterocycles. The highest BCUT2D eigenvalue weighted by Crippen LogP contribution is 2.31. The fourth-order valence-electron chi connectivity index (χ4n) is 4.56. The van der Waals surface area contributed by atoms with Gasteiger partial charge in [-0.05, 0) is 85.6 Å². The van der Waals surface area contributed by atoms with E-state index in [9.17, 15) is 22.8 Å². The van der Waals surface area contributed by atoms with E-state index in [-0.39, 0.29) is 6.54 Å². The molecule has 2 aromatic rings. The van der Waals surface area contributed by atoms with Crippen molar-refractivity contribution in [3.63, 3.8) is 0 Å². The van der Waals surface area contributed by atoms with Gasteiger partial charge in [-0.1, -0.05) is 50.0 Å². The van der Waals surface area contributed by atoms with Gasteiger partial charge in [0, 0.05) is 12.2 Å². The first-order valence-corrected chi connectivity index (χ1v) is 13.6. The number of rotatable bonds is 7. The fraction of sp³-hybridized carbons (Fsp3) is 0.500. The molecule has 1 saturated heterocycles. The van der Waals surface area contributed by atoms with Crippen molar-refractivity contribution in [3.05, 3.63) is 58.1 Å². The quantitative estimate of drug-likeness (QED) is 0.338. The van der Waals surface area contributed by atoms with E-state index >= 15 is 0 Å². The van der Waals surface area contributed by atoms with E-state index in [0.29, 0.717) is 45.6 Å². The Bertz CT molecular complexity index is 1160. The van der Waals surface area contributed by atoms with Crippen LogP contribution in [0, 0.1) is 11.3 Å². The summed E-state index contributed by atoms with van der Waals surface area (Å²) < 4.78 is 44.7. The molecular formula is C28H34Cl2F3N3O4. The third-order valence-electron chi connectivity index (χ3n) is 6.88. The molecule has 1 atom stereocenters. The zero-order chi connectivity index (χ0) is 29.7. The number of anilines is 1. The van der Waals surface area contributed by atoms with Crippen molar-refractivity contribution in [1.82, 2.24) is 9.96 Å². The van der Waals surface area contributed by atoms with Gasteiger partial charge in [0.25, 0.3) is 0 Å². The smallest absolute Gasteiger partial charge is 0.493 e. The van der Waals surface area contributed by atoms with Crippen LogP contribution in [0.25, 0.3) is 0 Å². The monoisotopic (exact) mass is 603 g/mol. The van der Waals surface area contributed by atoms with Gasteiger partial charge in [0.2, 0.25) is 0 Å². The lowest BCUT2D eigenvalue weighted by molar-refractivity contribution is -0.238. The molecule has 0 saturated carbocycles. The minimum atomic E-state index is -5.27. The predicted molar refractivity (Wildman–Crippen MR) is 149 cm³/mol. The number of hydrogen-bond acceptors (Lipinski definition) is 5. The Kier molecular flexibility index (Phi) is 10.6. The lowest BCUT2D eigenvalue weighted by atomic mass is 9.85. The maximum atomic E-state index is 13.3. The second-order valence-electron chi connectivity index (χ2n) is 10.9. The van der Waals surface area contributed by atoms with Gasteiger partial charge in [-0.15, -0.1) is 5.06 Å².